The van der Waals surface area contributed by atoms with Crippen LogP contribution in [0.15, 0.2) is 35.5 Å². The third-order valence-corrected chi connectivity index (χ3v) is 3.42. The molecule has 5 nitrogen and oxygen atoms in total. The minimum absolute atomic E-state index is 0.0739. The predicted octanol–water partition coefficient (Wildman–Crippen LogP) is 2.78. The van der Waals surface area contributed by atoms with Gasteiger partial charge in [0.05, 0.1) is 13.2 Å². The highest BCUT2D eigenvalue weighted by atomic mass is 16.5. The summed E-state index contributed by atoms with van der Waals surface area (Å²) >= 11 is 0. The fourth-order valence-electron chi connectivity index (χ4n) is 2.49. The molecule has 1 aliphatic heterocycles. The van der Waals surface area contributed by atoms with E-state index in [0.29, 0.717) is 18.6 Å². The Morgan fingerprint density at radius 3 is 2.53 bits per heavy atom. The van der Waals surface area contributed by atoms with Gasteiger partial charge in [0.1, 0.15) is 5.75 Å². The fraction of sp³-hybridized carbons (Fsp3) is 0.286. The third-order valence-electron chi connectivity index (χ3n) is 3.42. The third kappa shape index (κ3) is 2.02. The Balaban J connectivity index is 2.21. The monoisotopic (exact) mass is 258 g/mol. The SMILES string of the molecule is O=Nc1c(O)cc(N2CCOCC2)c2ccccc12. The van der Waals surface area contributed by atoms with Crippen LogP contribution >= 0.6 is 0 Å². The van der Waals surface area contributed by atoms with Crippen LogP contribution in [0.2, 0.25) is 0 Å². The Morgan fingerprint density at radius 2 is 1.84 bits per heavy atom. The number of hydrogen-bond donors (Lipinski definition) is 1. The molecule has 0 radical (unpaired) electrons. The van der Waals surface area contributed by atoms with Crippen molar-refractivity contribution in [3.63, 3.8) is 0 Å². The Morgan fingerprint density at radius 1 is 1.16 bits per heavy atom. The lowest BCUT2D eigenvalue weighted by atomic mass is 10.0. The number of anilines is 1. The quantitative estimate of drug-likeness (QED) is 0.841. The highest BCUT2D eigenvalue weighted by Gasteiger charge is 2.18. The van der Waals surface area contributed by atoms with Crippen LogP contribution in [-0.2, 0) is 4.74 Å². The van der Waals surface area contributed by atoms with E-state index in [2.05, 4.69) is 10.1 Å². The van der Waals surface area contributed by atoms with Crippen LogP contribution in [0.25, 0.3) is 10.8 Å². The molecular weight excluding hydrogens is 244 g/mol. The largest absolute Gasteiger partial charge is 0.505 e. The Labute approximate surface area is 110 Å². The molecule has 0 aromatic heterocycles. The average Bonchev–Trinajstić information content (AvgIpc) is 2.47. The first-order valence-electron chi connectivity index (χ1n) is 6.22. The summed E-state index contributed by atoms with van der Waals surface area (Å²) in [5.41, 5.74) is 1.02. The molecule has 2 aromatic carbocycles. The zero-order valence-corrected chi connectivity index (χ0v) is 10.4. The van der Waals surface area contributed by atoms with Crippen LogP contribution in [-0.4, -0.2) is 31.4 Å². The smallest absolute Gasteiger partial charge is 0.157 e. The van der Waals surface area contributed by atoms with Crippen LogP contribution in [0.5, 0.6) is 5.75 Å². The molecule has 1 aliphatic rings. The second kappa shape index (κ2) is 4.85. The van der Waals surface area contributed by atoms with E-state index >= 15 is 0 Å². The normalized spacial score (nSPS) is 15.7. The number of ether oxygens (including phenoxy) is 1. The molecule has 0 aliphatic carbocycles. The number of aromatic hydroxyl groups is 1. The molecule has 1 heterocycles. The van der Waals surface area contributed by atoms with Crippen LogP contribution in [0.1, 0.15) is 0 Å². The summed E-state index contributed by atoms with van der Waals surface area (Å²) in [6.45, 7) is 2.89. The molecule has 1 N–H and O–H groups in total. The van der Waals surface area contributed by atoms with Gasteiger partial charge in [0, 0.05) is 35.6 Å². The van der Waals surface area contributed by atoms with E-state index in [9.17, 15) is 10.0 Å². The summed E-state index contributed by atoms with van der Waals surface area (Å²) in [7, 11) is 0. The molecule has 1 saturated heterocycles. The van der Waals surface area contributed by atoms with Crippen molar-refractivity contribution < 1.29 is 9.84 Å². The zero-order chi connectivity index (χ0) is 13.2. The Bertz CT molecular complexity index is 621. The lowest BCUT2D eigenvalue weighted by Crippen LogP contribution is -2.36. The van der Waals surface area contributed by atoms with Gasteiger partial charge in [0.15, 0.2) is 5.69 Å². The van der Waals surface area contributed by atoms with Gasteiger partial charge in [-0.15, -0.1) is 4.91 Å². The number of hydrogen-bond acceptors (Lipinski definition) is 5. The highest BCUT2D eigenvalue weighted by Crippen LogP contribution is 2.41. The molecule has 0 atom stereocenters. The van der Waals surface area contributed by atoms with Crippen LogP contribution in [0.4, 0.5) is 11.4 Å². The number of fused-ring (bicyclic) bond motifs is 1. The highest BCUT2D eigenvalue weighted by molar-refractivity contribution is 6.03. The second-order valence-corrected chi connectivity index (χ2v) is 4.50. The van der Waals surface area contributed by atoms with Gasteiger partial charge in [-0.2, -0.15) is 0 Å². The lowest BCUT2D eigenvalue weighted by molar-refractivity contribution is 0.123. The number of nitrogens with zero attached hydrogens (tertiary/aromatic N) is 2. The molecular formula is C14H14N2O3. The van der Waals surface area contributed by atoms with Gasteiger partial charge in [0.2, 0.25) is 0 Å². The van der Waals surface area contributed by atoms with E-state index in [4.69, 9.17) is 4.74 Å². The maximum absolute atomic E-state index is 10.9. The zero-order valence-electron chi connectivity index (χ0n) is 10.4. The molecule has 0 saturated carbocycles. The van der Waals surface area contributed by atoms with Gasteiger partial charge in [-0.1, -0.05) is 24.3 Å². The van der Waals surface area contributed by atoms with Gasteiger partial charge >= 0.3 is 0 Å². The van der Waals surface area contributed by atoms with Gasteiger partial charge in [-0.05, 0) is 5.18 Å². The Kier molecular flexibility index (Phi) is 3.05. The number of benzene rings is 2. The van der Waals surface area contributed by atoms with Crippen molar-refractivity contribution in [3.8, 4) is 5.75 Å². The maximum Gasteiger partial charge on any atom is 0.157 e. The molecule has 0 spiro atoms. The van der Waals surface area contributed by atoms with Crippen molar-refractivity contribution in [2.45, 2.75) is 0 Å². The summed E-state index contributed by atoms with van der Waals surface area (Å²) in [6.07, 6.45) is 0. The first kappa shape index (κ1) is 11.9. The van der Waals surface area contributed by atoms with Crippen molar-refractivity contribution in [1.82, 2.24) is 0 Å². The number of rotatable bonds is 2. The molecule has 0 bridgehead atoms. The van der Waals surface area contributed by atoms with Crippen molar-refractivity contribution in [2.24, 2.45) is 5.18 Å². The maximum atomic E-state index is 10.9. The van der Waals surface area contributed by atoms with E-state index in [0.717, 1.165) is 24.2 Å². The molecule has 2 aromatic rings. The second-order valence-electron chi connectivity index (χ2n) is 4.50. The van der Waals surface area contributed by atoms with Crippen molar-refractivity contribution in [3.05, 3.63) is 35.2 Å². The molecule has 0 unspecified atom stereocenters. The summed E-state index contributed by atoms with van der Waals surface area (Å²) in [5.74, 6) is -0.0739. The molecule has 1 fully saturated rings. The van der Waals surface area contributed by atoms with E-state index in [1.165, 1.54) is 0 Å². The van der Waals surface area contributed by atoms with Crippen molar-refractivity contribution in [1.29, 1.82) is 0 Å². The first-order valence-corrected chi connectivity index (χ1v) is 6.22. The topological polar surface area (TPSA) is 62.1 Å². The average molecular weight is 258 g/mol. The fourth-order valence-corrected chi connectivity index (χ4v) is 2.49. The van der Waals surface area contributed by atoms with Gasteiger partial charge in [-0.25, -0.2) is 0 Å². The van der Waals surface area contributed by atoms with Crippen LogP contribution in [0, 0.1) is 4.91 Å². The van der Waals surface area contributed by atoms with Crippen LogP contribution in [0.3, 0.4) is 0 Å². The van der Waals surface area contributed by atoms with Gasteiger partial charge in [-0.3, -0.25) is 0 Å². The molecule has 19 heavy (non-hydrogen) atoms. The number of phenolic OH excluding ortho intramolecular Hbond substituents is 1. The molecule has 3 rings (SSSR count). The summed E-state index contributed by atoms with van der Waals surface area (Å²) in [4.78, 5) is 13.0. The van der Waals surface area contributed by atoms with E-state index in [-0.39, 0.29) is 11.4 Å². The minimum Gasteiger partial charge on any atom is -0.505 e. The van der Waals surface area contributed by atoms with E-state index in [1.54, 1.807) is 12.1 Å². The lowest BCUT2D eigenvalue weighted by Gasteiger charge is -2.30. The van der Waals surface area contributed by atoms with Crippen molar-refractivity contribution in [2.75, 3.05) is 31.2 Å². The number of nitroso groups, excluding NO2 is 1. The summed E-state index contributed by atoms with van der Waals surface area (Å²) in [6, 6.07) is 9.10. The summed E-state index contributed by atoms with van der Waals surface area (Å²) < 4.78 is 5.34. The van der Waals surface area contributed by atoms with Gasteiger partial charge < -0.3 is 14.7 Å². The molecule has 98 valence electrons. The Hall–Kier alpha value is -2.14. The first-order chi connectivity index (χ1) is 9.31. The van der Waals surface area contributed by atoms with Gasteiger partial charge in [0.25, 0.3) is 0 Å². The standard InChI is InChI=1S/C14H14N2O3/c17-13-9-12(16-5-7-19-8-6-16)10-3-1-2-4-11(10)14(13)15-18/h1-4,9,17H,5-8H2. The molecule has 5 heteroatoms. The minimum atomic E-state index is -0.0739. The van der Waals surface area contributed by atoms with Crippen molar-refractivity contribution >= 4 is 22.1 Å². The van der Waals surface area contributed by atoms with E-state index < -0.39 is 0 Å². The predicted molar refractivity (Wildman–Crippen MR) is 74.1 cm³/mol. The summed E-state index contributed by atoms with van der Waals surface area (Å²) in [5, 5.41) is 14.5. The van der Waals surface area contributed by atoms with Crippen LogP contribution < -0.4 is 4.90 Å². The number of morpholine rings is 1. The van der Waals surface area contributed by atoms with E-state index in [1.807, 2.05) is 18.2 Å². The number of phenols is 1. The molecule has 0 amide bonds.